The Morgan fingerprint density at radius 2 is 1.70 bits per heavy atom. The number of hydrogen-bond acceptors (Lipinski definition) is 5. The number of benzene rings is 2. The van der Waals surface area contributed by atoms with Gasteiger partial charge in [-0.2, -0.15) is 0 Å². The lowest BCUT2D eigenvalue weighted by Crippen LogP contribution is -2.31. The van der Waals surface area contributed by atoms with Crippen LogP contribution in [0.3, 0.4) is 0 Å². The van der Waals surface area contributed by atoms with E-state index in [1.165, 1.54) is 16.7 Å². The summed E-state index contributed by atoms with van der Waals surface area (Å²) >= 11 is 13.9. The van der Waals surface area contributed by atoms with Gasteiger partial charge < -0.3 is 0 Å². The fraction of sp³-hybridized carbons (Fsp3) is 0.238. The van der Waals surface area contributed by atoms with E-state index in [-0.39, 0.29) is 11.8 Å². The maximum Gasteiger partial charge on any atom is 0.229 e. The maximum absolute atomic E-state index is 11.8. The second-order valence-electron chi connectivity index (χ2n) is 6.79. The molecule has 6 nitrogen and oxygen atoms in total. The van der Waals surface area contributed by atoms with E-state index in [0.29, 0.717) is 52.7 Å². The summed E-state index contributed by atoms with van der Waals surface area (Å²) in [5, 5.41) is 10.5. The number of halogens is 2. The molecule has 0 N–H and O–H groups in total. The van der Waals surface area contributed by atoms with Gasteiger partial charge in [0.25, 0.3) is 0 Å². The molecule has 0 aliphatic carbocycles. The van der Waals surface area contributed by atoms with Crippen molar-refractivity contribution in [2.24, 2.45) is 0 Å². The van der Waals surface area contributed by atoms with Crippen LogP contribution in [0.25, 0.3) is 11.4 Å². The Labute approximate surface area is 188 Å². The van der Waals surface area contributed by atoms with Gasteiger partial charge in [-0.25, -0.2) is 0 Å². The summed E-state index contributed by atoms with van der Waals surface area (Å²) in [5.74, 6) is 0.954. The van der Waals surface area contributed by atoms with E-state index < -0.39 is 0 Å². The smallest absolute Gasteiger partial charge is 0.229 e. The summed E-state index contributed by atoms with van der Waals surface area (Å²) in [6, 6.07) is 15.3. The van der Waals surface area contributed by atoms with Crippen molar-refractivity contribution in [1.29, 1.82) is 0 Å². The summed E-state index contributed by atoms with van der Waals surface area (Å²) in [4.78, 5) is 25.0. The molecule has 1 aromatic heterocycles. The number of thioether (sulfide) groups is 1. The van der Waals surface area contributed by atoms with E-state index in [9.17, 15) is 9.59 Å². The van der Waals surface area contributed by atoms with Crippen molar-refractivity contribution in [3.63, 3.8) is 0 Å². The lowest BCUT2D eigenvalue weighted by Gasteiger charge is -2.14. The number of carbonyl (C=O) groups is 2. The van der Waals surface area contributed by atoms with Crippen LogP contribution in [0.5, 0.6) is 0 Å². The Hall–Kier alpha value is -2.35. The number of aromatic nitrogens is 3. The van der Waals surface area contributed by atoms with E-state index in [1.807, 2.05) is 41.0 Å². The maximum atomic E-state index is 11.8. The van der Waals surface area contributed by atoms with E-state index >= 15 is 0 Å². The van der Waals surface area contributed by atoms with Gasteiger partial charge in [0.05, 0.1) is 11.6 Å². The SMILES string of the molecule is O=C1CCC(=O)N1CCSc1nnc(-c2ccc(Cl)cc2Cl)n1Cc1ccccc1. The molecule has 9 heteroatoms. The zero-order chi connectivity index (χ0) is 21.1. The molecule has 30 heavy (non-hydrogen) atoms. The van der Waals surface area contributed by atoms with Crippen LogP contribution in [0.4, 0.5) is 0 Å². The minimum Gasteiger partial charge on any atom is -0.298 e. The minimum atomic E-state index is -0.111. The average molecular weight is 461 g/mol. The van der Waals surface area contributed by atoms with Crippen molar-refractivity contribution in [3.05, 3.63) is 64.1 Å². The van der Waals surface area contributed by atoms with Crippen LogP contribution in [0, 0.1) is 0 Å². The number of likely N-dealkylation sites (tertiary alicyclic amines) is 1. The van der Waals surface area contributed by atoms with Crippen LogP contribution in [0.15, 0.2) is 53.7 Å². The molecule has 2 aromatic carbocycles. The Kier molecular flexibility index (Phi) is 6.41. The predicted octanol–water partition coefficient (Wildman–Crippen LogP) is 4.54. The molecule has 0 unspecified atom stereocenters. The Bertz CT molecular complexity index is 1070. The number of imide groups is 1. The van der Waals surface area contributed by atoms with Crippen LogP contribution in [0.1, 0.15) is 18.4 Å². The fourth-order valence-corrected chi connectivity index (χ4v) is 4.63. The molecule has 0 radical (unpaired) electrons. The van der Waals surface area contributed by atoms with Crippen molar-refractivity contribution in [1.82, 2.24) is 19.7 Å². The predicted molar refractivity (Wildman–Crippen MR) is 118 cm³/mol. The van der Waals surface area contributed by atoms with Gasteiger partial charge in [-0.05, 0) is 23.8 Å². The summed E-state index contributed by atoms with van der Waals surface area (Å²) in [5.41, 5.74) is 1.83. The highest BCUT2D eigenvalue weighted by atomic mass is 35.5. The molecular weight excluding hydrogens is 443 g/mol. The van der Waals surface area contributed by atoms with Crippen molar-refractivity contribution in [2.75, 3.05) is 12.3 Å². The average Bonchev–Trinajstić information content (AvgIpc) is 3.26. The summed E-state index contributed by atoms with van der Waals surface area (Å²) in [6.45, 7) is 0.920. The Morgan fingerprint density at radius 3 is 2.40 bits per heavy atom. The van der Waals surface area contributed by atoms with Gasteiger partial charge in [-0.15, -0.1) is 10.2 Å². The van der Waals surface area contributed by atoms with Gasteiger partial charge >= 0.3 is 0 Å². The third-order valence-corrected chi connectivity index (χ3v) is 6.27. The number of amides is 2. The molecule has 0 saturated carbocycles. The molecule has 1 saturated heterocycles. The van der Waals surface area contributed by atoms with E-state index in [2.05, 4.69) is 10.2 Å². The van der Waals surface area contributed by atoms with Crippen LogP contribution < -0.4 is 0 Å². The molecule has 2 heterocycles. The molecule has 4 rings (SSSR count). The second-order valence-corrected chi connectivity index (χ2v) is 8.70. The van der Waals surface area contributed by atoms with Crippen molar-refractivity contribution in [2.45, 2.75) is 24.5 Å². The monoisotopic (exact) mass is 460 g/mol. The molecular formula is C21H18Cl2N4O2S. The lowest BCUT2D eigenvalue weighted by atomic mass is 10.2. The standard InChI is InChI=1S/C21H18Cl2N4O2S/c22-15-6-7-16(17(23)12-15)20-24-25-21(27(20)13-14-4-2-1-3-5-14)30-11-10-26-18(28)8-9-19(26)29/h1-7,12H,8-11,13H2. The largest absolute Gasteiger partial charge is 0.298 e. The number of rotatable bonds is 7. The van der Waals surface area contributed by atoms with E-state index in [0.717, 1.165) is 11.1 Å². The van der Waals surface area contributed by atoms with Crippen LogP contribution in [0.2, 0.25) is 10.0 Å². The summed E-state index contributed by atoms with van der Waals surface area (Å²) < 4.78 is 1.99. The third-order valence-electron chi connectivity index (χ3n) is 4.77. The topological polar surface area (TPSA) is 68.1 Å². The van der Waals surface area contributed by atoms with E-state index in [4.69, 9.17) is 23.2 Å². The van der Waals surface area contributed by atoms with Gasteiger partial charge in [0.2, 0.25) is 11.8 Å². The van der Waals surface area contributed by atoms with Gasteiger partial charge in [-0.1, -0.05) is 65.3 Å². The van der Waals surface area contributed by atoms with Crippen molar-refractivity contribution < 1.29 is 9.59 Å². The highest BCUT2D eigenvalue weighted by Gasteiger charge is 2.28. The normalized spacial score (nSPS) is 14.0. The number of hydrogen-bond donors (Lipinski definition) is 0. The molecule has 1 aliphatic heterocycles. The minimum absolute atomic E-state index is 0.111. The molecule has 1 aliphatic rings. The second kappa shape index (κ2) is 9.20. The highest BCUT2D eigenvalue weighted by Crippen LogP contribution is 2.32. The Morgan fingerprint density at radius 1 is 0.967 bits per heavy atom. The van der Waals surface area contributed by atoms with Crippen LogP contribution in [-0.4, -0.2) is 43.8 Å². The lowest BCUT2D eigenvalue weighted by molar-refractivity contribution is -0.137. The van der Waals surface area contributed by atoms with Gasteiger partial charge in [0, 0.05) is 35.7 Å². The first-order valence-corrected chi connectivity index (χ1v) is 11.2. The number of carbonyl (C=O) groups excluding carboxylic acids is 2. The molecule has 0 spiro atoms. The zero-order valence-electron chi connectivity index (χ0n) is 15.9. The first-order chi connectivity index (χ1) is 14.5. The van der Waals surface area contributed by atoms with Crippen molar-refractivity contribution in [3.8, 4) is 11.4 Å². The zero-order valence-corrected chi connectivity index (χ0v) is 18.3. The van der Waals surface area contributed by atoms with E-state index in [1.54, 1.807) is 12.1 Å². The molecule has 3 aromatic rings. The first kappa shape index (κ1) is 20.9. The fourth-order valence-electron chi connectivity index (χ4n) is 3.27. The molecule has 2 amide bonds. The van der Waals surface area contributed by atoms with Crippen LogP contribution >= 0.6 is 35.0 Å². The first-order valence-electron chi connectivity index (χ1n) is 9.41. The third kappa shape index (κ3) is 4.53. The molecule has 0 bridgehead atoms. The molecule has 1 fully saturated rings. The van der Waals surface area contributed by atoms with Gasteiger partial charge in [0.15, 0.2) is 11.0 Å². The molecule has 0 atom stereocenters. The summed E-state index contributed by atoms with van der Waals surface area (Å²) in [6.07, 6.45) is 0.597. The van der Waals surface area contributed by atoms with Gasteiger partial charge in [0.1, 0.15) is 0 Å². The summed E-state index contributed by atoms with van der Waals surface area (Å²) in [7, 11) is 0. The Balaban J connectivity index is 1.60. The van der Waals surface area contributed by atoms with Gasteiger partial charge in [-0.3, -0.25) is 19.1 Å². The quantitative estimate of drug-likeness (QED) is 0.382. The highest BCUT2D eigenvalue weighted by molar-refractivity contribution is 7.99. The molecule has 154 valence electrons. The van der Waals surface area contributed by atoms with Crippen molar-refractivity contribution >= 4 is 46.8 Å². The van der Waals surface area contributed by atoms with Crippen LogP contribution in [-0.2, 0) is 16.1 Å². The number of nitrogens with zero attached hydrogens (tertiary/aromatic N) is 4.